The molecule has 0 aromatic carbocycles. The van der Waals surface area contributed by atoms with Crippen LogP contribution in [-0.2, 0) is 33.4 Å². The molecule has 37 heavy (non-hydrogen) atoms. The number of rotatable bonds is 10. The van der Waals surface area contributed by atoms with E-state index in [1.165, 1.54) is 24.7 Å². The number of H-pyrrole nitrogens is 1. The average Bonchev–Trinajstić information content (AvgIpc) is 3.35. The molecule has 4 atom stereocenters. The third-order valence-corrected chi connectivity index (χ3v) is 5.60. The summed E-state index contributed by atoms with van der Waals surface area (Å²) in [6.45, 7) is 8.20. The highest BCUT2D eigenvalue weighted by Gasteiger charge is 2.51. The maximum absolute atomic E-state index is 12.6. The van der Waals surface area contributed by atoms with E-state index in [4.69, 9.17) is 14.2 Å². The lowest BCUT2D eigenvalue weighted by Gasteiger charge is -2.23. The van der Waals surface area contributed by atoms with Gasteiger partial charge in [-0.15, -0.1) is 0 Å². The number of esters is 2. The number of carbonyl (C=O) groups is 4. The van der Waals surface area contributed by atoms with Gasteiger partial charge in [0.25, 0.3) is 5.56 Å². The second-order valence-corrected chi connectivity index (χ2v) is 9.00. The number of carbonyl (C=O) groups excluding carboxylic acids is 4. The minimum atomic E-state index is -1.18. The molecule has 0 aliphatic carbocycles. The minimum Gasteiger partial charge on any atom is -0.456 e. The lowest BCUT2D eigenvalue weighted by molar-refractivity contribution is -0.165. The van der Waals surface area contributed by atoms with Crippen molar-refractivity contribution in [3.05, 3.63) is 16.7 Å². The maximum atomic E-state index is 12.6. The highest BCUT2D eigenvalue weighted by molar-refractivity contribution is 5.91. The second kappa shape index (κ2) is 12.0. The molecule has 2 aromatic heterocycles. The molecule has 0 spiro atoms. The molecule has 3 rings (SSSR count). The first kappa shape index (κ1) is 27.8. The summed E-state index contributed by atoms with van der Waals surface area (Å²) >= 11 is 0. The van der Waals surface area contributed by atoms with Crippen molar-refractivity contribution in [1.29, 1.82) is 0 Å². The Morgan fingerprint density at radius 3 is 2.46 bits per heavy atom. The van der Waals surface area contributed by atoms with Crippen molar-refractivity contribution in [2.24, 2.45) is 5.92 Å². The number of anilines is 1. The standard InChI is InChI=1S/C23H32N6O8/c1-6-7-8-24-15(32)9-14-17(35-12(4)30)18(36-13(5)31)22(37-14)29-10-25-16-19(29)26-23(28-21(16)34)27-20(33)11(2)3/h10-11,14,17-18,22H,6-9H2,1-5H3,(H,24,32)(H2,26,27,28,33,34)/t14-,17-,18-,22-/m1/s1. The summed E-state index contributed by atoms with van der Waals surface area (Å²) in [5.74, 6) is -2.51. The van der Waals surface area contributed by atoms with Crippen LogP contribution in [0.1, 0.15) is 60.1 Å². The van der Waals surface area contributed by atoms with Crippen LogP contribution in [0.5, 0.6) is 0 Å². The Morgan fingerprint density at radius 1 is 1.16 bits per heavy atom. The molecular formula is C23H32N6O8. The van der Waals surface area contributed by atoms with E-state index >= 15 is 0 Å². The van der Waals surface area contributed by atoms with E-state index in [0.29, 0.717) is 6.54 Å². The normalized spacial score (nSPS) is 21.1. The Morgan fingerprint density at radius 2 is 1.84 bits per heavy atom. The predicted octanol–water partition coefficient (Wildman–Crippen LogP) is 0.781. The van der Waals surface area contributed by atoms with Crippen molar-refractivity contribution < 1.29 is 33.4 Å². The third-order valence-electron chi connectivity index (χ3n) is 5.60. The van der Waals surface area contributed by atoms with Crippen LogP contribution >= 0.6 is 0 Å². The van der Waals surface area contributed by atoms with E-state index in [0.717, 1.165) is 12.8 Å². The number of hydrogen-bond donors (Lipinski definition) is 3. The Kier molecular flexibility index (Phi) is 8.97. The van der Waals surface area contributed by atoms with Crippen LogP contribution in [0.2, 0.25) is 0 Å². The molecule has 0 unspecified atom stereocenters. The quantitative estimate of drug-likeness (QED) is 0.299. The SMILES string of the molecule is CCCCNC(=O)C[C@H]1O[C@@H](n2cnc3c(=O)[nH]c(NC(=O)C(C)C)nc32)[C@H](OC(C)=O)[C@@H]1OC(C)=O. The smallest absolute Gasteiger partial charge is 0.303 e. The Bertz CT molecular complexity index is 1220. The summed E-state index contributed by atoms with van der Waals surface area (Å²) < 4.78 is 18.3. The van der Waals surface area contributed by atoms with Gasteiger partial charge in [0.2, 0.25) is 17.8 Å². The first-order valence-corrected chi connectivity index (χ1v) is 12.1. The van der Waals surface area contributed by atoms with Crippen LogP contribution < -0.4 is 16.2 Å². The molecule has 3 N–H and O–H groups in total. The van der Waals surface area contributed by atoms with Crippen molar-refractivity contribution in [2.75, 3.05) is 11.9 Å². The van der Waals surface area contributed by atoms with Gasteiger partial charge in [-0.3, -0.25) is 38.8 Å². The summed E-state index contributed by atoms with van der Waals surface area (Å²) in [4.78, 5) is 72.0. The fraction of sp³-hybridized carbons (Fsp3) is 0.609. The summed E-state index contributed by atoms with van der Waals surface area (Å²) in [6.07, 6.45) is -1.64. The number of aromatic amines is 1. The number of unbranched alkanes of at least 4 members (excludes halogenated alkanes) is 1. The van der Waals surface area contributed by atoms with Gasteiger partial charge in [0.1, 0.15) is 6.10 Å². The van der Waals surface area contributed by atoms with Gasteiger partial charge in [0, 0.05) is 26.3 Å². The van der Waals surface area contributed by atoms with Crippen LogP contribution in [0.15, 0.2) is 11.1 Å². The molecule has 1 aliphatic rings. The lowest BCUT2D eigenvalue weighted by Crippen LogP contribution is -2.40. The lowest BCUT2D eigenvalue weighted by atomic mass is 10.1. The van der Waals surface area contributed by atoms with Gasteiger partial charge >= 0.3 is 11.9 Å². The van der Waals surface area contributed by atoms with Crippen molar-refractivity contribution in [3.63, 3.8) is 0 Å². The number of ether oxygens (including phenoxy) is 3. The van der Waals surface area contributed by atoms with Gasteiger partial charge in [-0.05, 0) is 6.42 Å². The molecule has 0 bridgehead atoms. The van der Waals surface area contributed by atoms with Gasteiger partial charge in [-0.25, -0.2) is 4.98 Å². The van der Waals surface area contributed by atoms with Crippen LogP contribution in [0, 0.1) is 5.92 Å². The van der Waals surface area contributed by atoms with Crippen LogP contribution in [0.25, 0.3) is 11.2 Å². The highest BCUT2D eigenvalue weighted by atomic mass is 16.6. The molecule has 3 heterocycles. The average molecular weight is 521 g/mol. The van der Waals surface area contributed by atoms with E-state index in [-0.39, 0.29) is 41.3 Å². The zero-order valence-corrected chi connectivity index (χ0v) is 21.4. The summed E-state index contributed by atoms with van der Waals surface area (Å²) in [6, 6.07) is 0. The summed E-state index contributed by atoms with van der Waals surface area (Å²) in [7, 11) is 0. The highest BCUT2D eigenvalue weighted by Crippen LogP contribution is 2.36. The van der Waals surface area contributed by atoms with E-state index in [9.17, 15) is 24.0 Å². The Hall–Kier alpha value is -3.81. The van der Waals surface area contributed by atoms with Crippen LogP contribution in [0.4, 0.5) is 5.95 Å². The molecule has 0 saturated carbocycles. The second-order valence-electron chi connectivity index (χ2n) is 9.00. The third kappa shape index (κ3) is 6.70. The topological polar surface area (TPSA) is 184 Å². The molecule has 2 amide bonds. The van der Waals surface area contributed by atoms with E-state index in [2.05, 4.69) is 25.6 Å². The molecule has 0 radical (unpaired) electrons. The van der Waals surface area contributed by atoms with Gasteiger partial charge in [-0.2, -0.15) is 4.98 Å². The predicted molar refractivity (Wildman–Crippen MR) is 129 cm³/mol. The van der Waals surface area contributed by atoms with Crippen molar-refractivity contribution in [1.82, 2.24) is 24.8 Å². The summed E-state index contributed by atoms with van der Waals surface area (Å²) in [5.41, 5.74) is -0.648. The molecular weight excluding hydrogens is 488 g/mol. The molecule has 1 saturated heterocycles. The number of hydrogen-bond acceptors (Lipinski definition) is 10. The van der Waals surface area contributed by atoms with Gasteiger partial charge < -0.3 is 19.5 Å². The number of amides is 2. The van der Waals surface area contributed by atoms with Crippen LogP contribution in [0.3, 0.4) is 0 Å². The molecule has 1 fully saturated rings. The molecule has 2 aromatic rings. The van der Waals surface area contributed by atoms with Gasteiger partial charge in [-0.1, -0.05) is 27.2 Å². The van der Waals surface area contributed by atoms with E-state index in [1.54, 1.807) is 13.8 Å². The zero-order valence-electron chi connectivity index (χ0n) is 21.4. The van der Waals surface area contributed by atoms with Crippen LogP contribution in [-0.4, -0.2) is 68.1 Å². The molecule has 14 nitrogen and oxygen atoms in total. The fourth-order valence-corrected chi connectivity index (χ4v) is 3.84. The van der Waals surface area contributed by atoms with Gasteiger partial charge in [0.05, 0.1) is 12.7 Å². The number of fused-ring (bicyclic) bond motifs is 1. The summed E-state index contributed by atoms with van der Waals surface area (Å²) in [5, 5.41) is 5.30. The Balaban J connectivity index is 2.00. The van der Waals surface area contributed by atoms with Gasteiger partial charge in [0.15, 0.2) is 29.6 Å². The van der Waals surface area contributed by atoms with E-state index < -0.39 is 42.0 Å². The Labute approximate surface area is 212 Å². The number of nitrogens with one attached hydrogen (secondary N) is 3. The largest absolute Gasteiger partial charge is 0.456 e. The number of aromatic nitrogens is 4. The minimum absolute atomic E-state index is 0.0274. The molecule has 202 valence electrons. The maximum Gasteiger partial charge on any atom is 0.303 e. The van der Waals surface area contributed by atoms with E-state index in [1.807, 2.05) is 6.92 Å². The van der Waals surface area contributed by atoms with Crippen molar-refractivity contribution in [3.8, 4) is 0 Å². The fourth-order valence-electron chi connectivity index (χ4n) is 3.84. The monoisotopic (exact) mass is 520 g/mol. The number of nitrogens with zero attached hydrogens (tertiary/aromatic N) is 3. The zero-order chi connectivity index (χ0) is 27.3. The molecule has 1 aliphatic heterocycles. The first-order valence-electron chi connectivity index (χ1n) is 12.1. The number of imidazole rings is 1. The van der Waals surface area contributed by atoms with Crippen molar-refractivity contribution >= 4 is 40.9 Å². The van der Waals surface area contributed by atoms with Crippen molar-refractivity contribution in [2.45, 2.75) is 78.4 Å². The first-order chi connectivity index (χ1) is 17.5. The molecule has 14 heteroatoms.